The van der Waals surface area contributed by atoms with E-state index in [2.05, 4.69) is 27.3 Å². The van der Waals surface area contributed by atoms with Gasteiger partial charge >= 0.3 is 0 Å². The minimum absolute atomic E-state index is 0.265. The van der Waals surface area contributed by atoms with Crippen LogP contribution in [-0.4, -0.2) is 6.79 Å². The van der Waals surface area contributed by atoms with Crippen molar-refractivity contribution in [2.45, 2.75) is 0 Å². The van der Waals surface area contributed by atoms with Crippen LogP contribution in [0.25, 0.3) is 0 Å². The molecule has 0 spiro atoms. The monoisotopic (exact) mass is 316 g/mol. The van der Waals surface area contributed by atoms with Gasteiger partial charge in [0, 0.05) is 21.9 Å². The fourth-order valence-electron chi connectivity index (χ4n) is 1.82. The Balaban J connectivity index is 1.85. The van der Waals surface area contributed by atoms with Crippen LogP contribution in [0.4, 0.5) is 11.4 Å². The summed E-state index contributed by atoms with van der Waals surface area (Å²) in [6.45, 7) is 0.265. The smallest absolute Gasteiger partial charge is 0.231 e. The number of benzene rings is 2. The Kier molecular flexibility index (Phi) is 3.02. The highest BCUT2D eigenvalue weighted by Crippen LogP contribution is 2.35. The molecule has 0 bridgehead atoms. The van der Waals surface area contributed by atoms with Crippen molar-refractivity contribution in [2.75, 3.05) is 12.1 Å². The molecule has 4 nitrogen and oxygen atoms in total. The first-order valence-corrected chi connectivity index (χ1v) is 6.42. The molecule has 2 aromatic rings. The molecule has 0 saturated heterocycles. The van der Waals surface area contributed by atoms with Gasteiger partial charge in [0.15, 0.2) is 11.5 Å². The number of nitriles is 1. The van der Waals surface area contributed by atoms with Crippen molar-refractivity contribution in [1.82, 2.24) is 0 Å². The van der Waals surface area contributed by atoms with Crippen LogP contribution in [0.5, 0.6) is 11.5 Å². The summed E-state index contributed by atoms with van der Waals surface area (Å²) in [5.41, 5.74) is 2.40. The second kappa shape index (κ2) is 4.82. The number of hydrogen-bond acceptors (Lipinski definition) is 4. The predicted octanol–water partition coefficient (Wildman–Crippen LogP) is 3.79. The lowest BCUT2D eigenvalue weighted by Crippen LogP contribution is -1.93. The van der Waals surface area contributed by atoms with Gasteiger partial charge in [0.2, 0.25) is 6.79 Å². The molecule has 3 rings (SSSR count). The molecule has 1 heterocycles. The standard InChI is InChI=1S/C14H9BrN2O2/c15-12-5-10(2-1-9(12)7-16)17-11-3-4-13-14(6-11)19-8-18-13/h1-6,17H,8H2. The minimum atomic E-state index is 0.265. The predicted molar refractivity (Wildman–Crippen MR) is 74.7 cm³/mol. The largest absolute Gasteiger partial charge is 0.454 e. The van der Waals surface area contributed by atoms with Gasteiger partial charge in [-0.1, -0.05) is 0 Å². The second-order valence-electron chi connectivity index (χ2n) is 4.00. The Labute approximate surface area is 118 Å². The third-order valence-electron chi connectivity index (χ3n) is 2.75. The van der Waals surface area contributed by atoms with Gasteiger partial charge in [-0.2, -0.15) is 5.26 Å². The lowest BCUT2D eigenvalue weighted by Gasteiger charge is -2.08. The van der Waals surface area contributed by atoms with Crippen LogP contribution in [0.2, 0.25) is 0 Å². The number of rotatable bonds is 2. The first-order valence-electron chi connectivity index (χ1n) is 5.62. The Morgan fingerprint density at radius 2 is 1.79 bits per heavy atom. The average Bonchev–Trinajstić information content (AvgIpc) is 2.86. The molecule has 2 aromatic carbocycles. The number of hydrogen-bond donors (Lipinski definition) is 1. The molecular weight excluding hydrogens is 308 g/mol. The van der Waals surface area contributed by atoms with Crippen molar-refractivity contribution >= 4 is 27.3 Å². The molecule has 0 atom stereocenters. The van der Waals surface area contributed by atoms with Crippen LogP contribution in [0, 0.1) is 11.3 Å². The summed E-state index contributed by atoms with van der Waals surface area (Å²) in [5, 5.41) is 12.1. The summed E-state index contributed by atoms with van der Waals surface area (Å²) in [6, 6.07) is 13.3. The van der Waals surface area contributed by atoms with Crippen LogP contribution in [-0.2, 0) is 0 Å². The van der Waals surface area contributed by atoms with Gasteiger partial charge in [0.05, 0.1) is 5.56 Å². The molecule has 0 saturated carbocycles. The summed E-state index contributed by atoms with van der Waals surface area (Å²) in [5.74, 6) is 1.49. The number of nitrogens with one attached hydrogen (secondary N) is 1. The number of fused-ring (bicyclic) bond motifs is 1. The maximum atomic E-state index is 8.87. The summed E-state index contributed by atoms with van der Waals surface area (Å²) >= 11 is 3.36. The fraction of sp³-hybridized carbons (Fsp3) is 0.0714. The third kappa shape index (κ3) is 2.35. The minimum Gasteiger partial charge on any atom is -0.454 e. The number of ether oxygens (including phenoxy) is 2. The van der Waals surface area contributed by atoms with E-state index >= 15 is 0 Å². The van der Waals surface area contributed by atoms with Crippen LogP contribution in [0.15, 0.2) is 40.9 Å². The highest BCUT2D eigenvalue weighted by molar-refractivity contribution is 9.10. The molecule has 0 aromatic heterocycles. The zero-order valence-corrected chi connectivity index (χ0v) is 11.4. The Morgan fingerprint density at radius 3 is 2.58 bits per heavy atom. The van der Waals surface area contributed by atoms with E-state index in [-0.39, 0.29) is 6.79 Å². The van der Waals surface area contributed by atoms with Crippen molar-refractivity contribution in [3.05, 3.63) is 46.4 Å². The number of nitrogens with zero attached hydrogens (tertiary/aromatic N) is 1. The lowest BCUT2D eigenvalue weighted by molar-refractivity contribution is 0.174. The van der Waals surface area contributed by atoms with Gasteiger partial charge in [-0.15, -0.1) is 0 Å². The normalized spacial score (nSPS) is 12.0. The molecule has 1 N–H and O–H groups in total. The topological polar surface area (TPSA) is 54.3 Å². The first-order chi connectivity index (χ1) is 9.26. The van der Waals surface area contributed by atoms with Crippen LogP contribution in [0.1, 0.15) is 5.56 Å². The molecule has 19 heavy (non-hydrogen) atoms. The van der Waals surface area contributed by atoms with E-state index in [9.17, 15) is 0 Å². The summed E-state index contributed by atoms with van der Waals surface area (Å²) < 4.78 is 11.3. The van der Waals surface area contributed by atoms with Gasteiger partial charge in [-0.3, -0.25) is 0 Å². The van der Waals surface area contributed by atoms with Crippen molar-refractivity contribution in [1.29, 1.82) is 5.26 Å². The highest BCUT2D eigenvalue weighted by Gasteiger charge is 2.13. The Hall–Kier alpha value is -2.19. The summed E-state index contributed by atoms with van der Waals surface area (Å²) in [7, 11) is 0. The Bertz CT molecular complexity index is 671. The molecule has 0 unspecified atom stereocenters. The van der Waals surface area contributed by atoms with Crippen molar-refractivity contribution in [3.63, 3.8) is 0 Å². The van der Waals surface area contributed by atoms with Crippen molar-refractivity contribution in [2.24, 2.45) is 0 Å². The molecule has 94 valence electrons. The summed E-state index contributed by atoms with van der Waals surface area (Å²) in [4.78, 5) is 0. The van der Waals surface area contributed by atoms with Crippen LogP contribution in [0.3, 0.4) is 0 Å². The second-order valence-corrected chi connectivity index (χ2v) is 4.85. The van der Waals surface area contributed by atoms with Crippen LogP contribution >= 0.6 is 15.9 Å². The van der Waals surface area contributed by atoms with E-state index in [1.165, 1.54) is 0 Å². The van der Waals surface area contributed by atoms with Crippen molar-refractivity contribution < 1.29 is 9.47 Å². The maximum absolute atomic E-state index is 8.87. The molecule has 0 radical (unpaired) electrons. The SMILES string of the molecule is N#Cc1ccc(Nc2ccc3c(c2)OCO3)cc1Br. The van der Waals surface area contributed by atoms with Gasteiger partial charge in [0.25, 0.3) is 0 Å². The average molecular weight is 317 g/mol. The van der Waals surface area contributed by atoms with Gasteiger partial charge in [0.1, 0.15) is 6.07 Å². The first kappa shape index (κ1) is 11.9. The van der Waals surface area contributed by atoms with Crippen molar-refractivity contribution in [3.8, 4) is 17.6 Å². The highest BCUT2D eigenvalue weighted by atomic mass is 79.9. The molecular formula is C14H9BrN2O2. The maximum Gasteiger partial charge on any atom is 0.231 e. The fourth-order valence-corrected chi connectivity index (χ4v) is 2.29. The quantitative estimate of drug-likeness (QED) is 0.915. The zero-order chi connectivity index (χ0) is 13.2. The van der Waals surface area contributed by atoms with E-state index < -0.39 is 0 Å². The van der Waals surface area contributed by atoms with Gasteiger partial charge in [-0.25, -0.2) is 0 Å². The zero-order valence-electron chi connectivity index (χ0n) is 9.81. The number of anilines is 2. The third-order valence-corrected chi connectivity index (χ3v) is 3.41. The molecule has 0 fully saturated rings. The van der Waals surface area contributed by atoms with E-state index in [0.29, 0.717) is 5.56 Å². The van der Waals surface area contributed by atoms with Crippen LogP contribution < -0.4 is 14.8 Å². The molecule has 1 aliphatic heterocycles. The van der Waals surface area contributed by atoms with E-state index in [0.717, 1.165) is 27.3 Å². The van der Waals surface area contributed by atoms with Gasteiger partial charge in [-0.05, 0) is 46.3 Å². The molecule has 0 aliphatic carbocycles. The van der Waals surface area contributed by atoms with Gasteiger partial charge < -0.3 is 14.8 Å². The molecule has 0 amide bonds. The molecule has 1 aliphatic rings. The number of halogens is 1. The lowest BCUT2D eigenvalue weighted by atomic mass is 10.2. The van der Waals surface area contributed by atoms with E-state index in [1.54, 1.807) is 6.07 Å². The van der Waals surface area contributed by atoms with E-state index in [1.807, 2.05) is 30.3 Å². The summed E-state index contributed by atoms with van der Waals surface area (Å²) in [6.07, 6.45) is 0. The molecule has 5 heteroatoms. The Morgan fingerprint density at radius 1 is 1.05 bits per heavy atom. The van der Waals surface area contributed by atoms with E-state index in [4.69, 9.17) is 14.7 Å².